The normalized spacial score (nSPS) is 15.7. The molecule has 7 heteroatoms. The maximum Gasteiger partial charge on any atom is 0.236 e. The van der Waals surface area contributed by atoms with Gasteiger partial charge in [0.15, 0.2) is 5.76 Å². The molecule has 1 fully saturated rings. The number of benzene rings is 1. The number of likely N-dealkylation sites (N-methyl/N-ethyl adjacent to an activating group) is 1. The number of methoxy groups -OCH3 is 1. The third kappa shape index (κ3) is 5.55. The van der Waals surface area contributed by atoms with Crippen LogP contribution in [-0.4, -0.2) is 72.6 Å². The first-order chi connectivity index (χ1) is 13.0. The highest BCUT2D eigenvalue weighted by atomic mass is 16.5. The summed E-state index contributed by atoms with van der Waals surface area (Å²) in [5.74, 6) is 1.85. The summed E-state index contributed by atoms with van der Waals surface area (Å²) in [7, 11) is 3.50. The van der Waals surface area contributed by atoms with E-state index >= 15 is 0 Å². The number of aromatic nitrogens is 1. The van der Waals surface area contributed by atoms with Gasteiger partial charge in [0.25, 0.3) is 0 Å². The zero-order valence-electron chi connectivity index (χ0n) is 16.4. The maximum absolute atomic E-state index is 12.6. The summed E-state index contributed by atoms with van der Waals surface area (Å²) < 4.78 is 10.5. The van der Waals surface area contributed by atoms with Crippen LogP contribution in [0.25, 0.3) is 0 Å². The Morgan fingerprint density at radius 2 is 1.96 bits per heavy atom. The van der Waals surface area contributed by atoms with Gasteiger partial charge < -0.3 is 14.2 Å². The Labute approximate surface area is 160 Å². The largest absolute Gasteiger partial charge is 0.497 e. The fraction of sp³-hybridized carbons (Fsp3) is 0.500. The third-order valence-corrected chi connectivity index (χ3v) is 4.86. The van der Waals surface area contributed by atoms with E-state index in [-0.39, 0.29) is 5.91 Å². The van der Waals surface area contributed by atoms with Gasteiger partial charge in [0.2, 0.25) is 5.91 Å². The maximum atomic E-state index is 12.6. The van der Waals surface area contributed by atoms with Crippen molar-refractivity contribution in [3.8, 4) is 5.75 Å². The average molecular weight is 372 g/mol. The number of carbonyl (C=O) groups is 1. The molecule has 2 heterocycles. The van der Waals surface area contributed by atoms with E-state index in [1.807, 2.05) is 44.3 Å². The van der Waals surface area contributed by atoms with Gasteiger partial charge in [-0.1, -0.05) is 17.3 Å². The van der Waals surface area contributed by atoms with Crippen LogP contribution in [0.1, 0.15) is 17.0 Å². The summed E-state index contributed by atoms with van der Waals surface area (Å²) in [6, 6.07) is 9.81. The molecular formula is C20H28N4O3. The highest BCUT2D eigenvalue weighted by Gasteiger charge is 2.21. The molecule has 1 aliphatic heterocycles. The van der Waals surface area contributed by atoms with Crippen LogP contribution >= 0.6 is 0 Å². The van der Waals surface area contributed by atoms with E-state index in [0.717, 1.165) is 55.5 Å². The Bertz CT molecular complexity index is 753. The van der Waals surface area contributed by atoms with E-state index in [1.54, 1.807) is 12.0 Å². The average Bonchev–Trinajstić information content (AvgIpc) is 3.08. The van der Waals surface area contributed by atoms with E-state index in [0.29, 0.717) is 13.1 Å². The molecule has 0 radical (unpaired) electrons. The summed E-state index contributed by atoms with van der Waals surface area (Å²) in [6.45, 7) is 7.35. The summed E-state index contributed by atoms with van der Waals surface area (Å²) in [5, 5.41) is 3.93. The van der Waals surface area contributed by atoms with Crippen LogP contribution < -0.4 is 4.74 Å². The summed E-state index contributed by atoms with van der Waals surface area (Å²) in [4.78, 5) is 18.9. The Hall–Kier alpha value is -2.38. The van der Waals surface area contributed by atoms with Gasteiger partial charge >= 0.3 is 0 Å². The lowest BCUT2D eigenvalue weighted by Crippen LogP contribution is -2.49. The molecule has 0 N–H and O–H groups in total. The van der Waals surface area contributed by atoms with Crippen molar-refractivity contribution in [2.24, 2.45) is 0 Å². The highest BCUT2D eigenvalue weighted by molar-refractivity contribution is 5.78. The first kappa shape index (κ1) is 19.4. The van der Waals surface area contributed by atoms with Gasteiger partial charge in [-0.3, -0.25) is 14.6 Å². The molecule has 1 saturated heterocycles. The molecule has 0 bridgehead atoms. The molecule has 1 amide bonds. The lowest BCUT2D eigenvalue weighted by Gasteiger charge is -2.34. The first-order valence-electron chi connectivity index (χ1n) is 9.27. The summed E-state index contributed by atoms with van der Waals surface area (Å²) >= 11 is 0. The van der Waals surface area contributed by atoms with Crippen LogP contribution in [0.15, 0.2) is 34.9 Å². The SMILES string of the molecule is COc1cccc(CN(C)C(=O)CN2CCN(Cc3cc(C)no3)CC2)c1. The van der Waals surface area contributed by atoms with Gasteiger partial charge in [0.05, 0.1) is 25.9 Å². The lowest BCUT2D eigenvalue weighted by atomic mass is 10.2. The number of hydrogen-bond donors (Lipinski definition) is 0. The monoisotopic (exact) mass is 372 g/mol. The molecule has 1 aliphatic rings. The predicted molar refractivity (Wildman–Crippen MR) is 102 cm³/mol. The second-order valence-corrected chi connectivity index (χ2v) is 7.09. The minimum atomic E-state index is 0.136. The third-order valence-electron chi connectivity index (χ3n) is 4.86. The Kier molecular flexibility index (Phi) is 6.47. The van der Waals surface area contributed by atoms with Crippen molar-refractivity contribution >= 4 is 5.91 Å². The number of nitrogens with zero attached hydrogens (tertiary/aromatic N) is 4. The molecule has 0 aliphatic carbocycles. The van der Waals surface area contributed by atoms with Gasteiger partial charge in [-0.25, -0.2) is 0 Å². The van der Waals surface area contributed by atoms with Gasteiger partial charge in [0.1, 0.15) is 5.75 Å². The van der Waals surface area contributed by atoms with Crippen LogP contribution in [0.3, 0.4) is 0 Å². The van der Waals surface area contributed by atoms with E-state index in [9.17, 15) is 4.79 Å². The predicted octanol–water partition coefficient (Wildman–Crippen LogP) is 1.77. The zero-order valence-corrected chi connectivity index (χ0v) is 16.4. The quantitative estimate of drug-likeness (QED) is 0.738. The number of rotatable bonds is 7. The highest BCUT2D eigenvalue weighted by Crippen LogP contribution is 2.14. The summed E-state index contributed by atoms with van der Waals surface area (Å²) in [6.07, 6.45) is 0. The standard InChI is InChI=1S/C20H28N4O3/c1-16-11-19(27-21-16)14-23-7-9-24(10-8-23)15-20(25)22(2)13-17-5-4-6-18(12-17)26-3/h4-6,11-12H,7-10,13-15H2,1-3H3. The smallest absolute Gasteiger partial charge is 0.236 e. The topological polar surface area (TPSA) is 62.1 Å². The van der Waals surface area contributed by atoms with Crippen LogP contribution in [0.5, 0.6) is 5.75 Å². The molecule has 0 unspecified atom stereocenters. The minimum Gasteiger partial charge on any atom is -0.497 e. The van der Waals surface area contributed by atoms with E-state index < -0.39 is 0 Å². The molecule has 7 nitrogen and oxygen atoms in total. The summed E-state index contributed by atoms with van der Waals surface area (Å²) in [5.41, 5.74) is 1.98. The molecule has 1 aromatic carbocycles. The van der Waals surface area contributed by atoms with Crippen LogP contribution in [0, 0.1) is 6.92 Å². The fourth-order valence-electron chi connectivity index (χ4n) is 3.26. The molecule has 3 rings (SSSR count). The second kappa shape index (κ2) is 9.01. The van der Waals surface area contributed by atoms with Crippen LogP contribution in [-0.2, 0) is 17.9 Å². The molecule has 1 aromatic heterocycles. The Morgan fingerprint density at radius 3 is 2.63 bits per heavy atom. The molecular weight excluding hydrogens is 344 g/mol. The van der Waals surface area contributed by atoms with Crippen molar-refractivity contribution in [2.45, 2.75) is 20.0 Å². The van der Waals surface area contributed by atoms with E-state index in [1.165, 1.54) is 0 Å². The number of amides is 1. The van der Waals surface area contributed by atoms with Gasteiger partial charge in [-0.15, -0.1) is 0 Å². The van der Waals surface area contributed by atoms with Crippen LogP contribution in [0.2, 0.25) is 0 Å². The zero-order chi connectivity index (χ0) is 19.2. The number of hydrogen-bond acceptors (Lipinski definition) is 6. The van der Waals surface area contributed by atoms with Crippen molar-refractivity contribution in [1.29, 1.82) is 0 Å². The molecule has 0 saturated carbocycles. The van der Waals surface area contributed by atoms with Crippen molar-refractivity contribution in [1.82, 2.24) is 19.9 Å². The van der Waals surface area contributed by atoms with Crippen molar-refractivity contribution in [3.05, 3.63) is 47.3 Å². The first-order valence-corrected chi connectivity index (χ1v) is 9.27. The number of aryl methyl sites for hydroxylation is 1. The number of piperazine rings is 1. The number of carbonyl (C=O) groups excluding carboxylic acids is 1. The van der Waals surface area contributed by atoms with Gasteiger partial charge in [-0.2, -0.15) is 0 Å². The van der Waals surface area contributed by atoms with Crippen LogP contribution in [0.4, 0.5) is 0 Å². The second-order valence-electron chi connectivity index (χ2n) is 7.09. The van der Waals surface area contributed by atoms with E-state index in [2.05, 4.69) is 15.0 Å². The van der Waals surface area contributed by atoms with E-state index in [4.69, 9.17) is 9.26 Å². The number of ether oxygens (including phenoxy) is 1. The Balaban J connectivity index is 1.43. The fourth-order valence-corrected chi connectivity index (χ4v) is 3.26. The van der Waals surface area contributed by atoms with Crippen molar-refractivity contribution < 1.29 is 14.1 Å². The van der Waals surface area contributed by atoms with Crippen molar-refractivity contribution in [3.63, 3.8) is 0 Å². The lowest BCUT2D eigenvalue weighted by molar-refractivity contribution is -0.132. The molecule has 146 valence electrons. The molecule has 0 spiro atoms. The minimum absolute atomic E-state index is 0.136. The van der Waals surface area contributed by atoms with Crippen molar-refractivity contribution in [2.75, 3.05) is 46.9 Å². The van der Waals surface area contributed by atoms with Gasteiger partial charge in [-0.05, 0) is 24.6 Å². The molecule has 2 aromatic rings. The molecule has 27 heavy (non-hydrogen) atoms. The Morgan fingerprint density at radius 1 is 1.22 bits per heavy atom. The van der Waals surface area contributed by atoms with Gasteiger partial charge in [0, 0.05) is 45.8 Å². The molecule has 0 atom stereocenters.